The molecule has 3 rings (SSSR count). The molecule has 12 heteroatoms. The van der Waals surface area contributed by atoms with Gasteiger partial charge in [0.2, 0.25) is 9.84 Å². The molecule has 7 nitrogen and oxygen atoms in total. The summed E-state index contributed by atoms with van der Waals surface area (Å²) in [5.74, 6) is -1.40. The Hall–Kier alpha value is -3.12. The van der Waals surface area contributed by atoms with E-state index in [1.807, 2.05) is 0 Å². The van der Waals surface area contributed by atoms with Gasteiger partial charge >= 0.3 is 6.18 Å². The molecule has 0 aliphatic rings. The molecule has 0 aliphatic heterocycles. The molecule has 0 saturated heterocycles. The monoisotopic (exact) mass is 442 g/mol. The second-order valence-electron chi connectivity index (χ2n) is 6.43. The van der Waals surface area contributed by atoms with E-state index in [2.05, 4.69) is 15.0 Å². The fourth-order valence-electron chi connectivity index (χ4n) is 2.39. The number of nitrogen functional groups attached to an aromatic ring is 1. The molecule has 2 heterocycles. The van der Waals surface area contributed by atoms with Crippen molar-refractivity contribution in [3.05, 3.63) is 60.3 Å². The fraction of sp³-hybridized carbons (Fsp3) is 0.167. The smallest absolute Gasteiger partial charge is 0.381 e. The van der Waals surface area contributed by atoms with E-state index in [1.54, 1.807) is 0 Å². The minimum atomic E-state index is -4.91. The van der Waals surface area contributed by atoms with Gasteiger partial charge in [0.05, 0.1) is 9.79 Å². The van der Waals surface area contributed by atoms with Crippen molar-refractivity contribution in [1.29, 1.82) is 0 Å². The number of pyridine rings is 1. The zero-order chi connectivity index (χ0) is 22.3. The van der Waals surface area contributed by atoms with E-state index in [1.165, 1.54) is 24.3 Å². The number of aliphatic hydroxyl groups is 1. The van der Waals surface area contributed by atoms with Crippen LogP contribution in [0.3, 0.4) is 0 Å². The predicted molar refractivity (Wildman–Crippen MR) is 97.2 cm³/mol. The van der Waals surface area contributed by atoms with Crippen molar-refractivity contribution in [2.24, 2.45) is 0 Å². The van der Waals surface area contributed by atoms with E-state index in [0.29, 0.717) is 12.5 Å². The lowest BCUT2D eigenvalue weighted by Crippen LogP contribution is -2.39. The topological polar surface area (TPSA) is 119 Å². The Bertz CT molecular complexity index is 1180. The van der Waals surface area contributed by atoms with Gasteiger partial charge in [-0.3, -0.25) is 0 Å². The zero-order valence-corrected chi connectivity index (χ0v) is 16.0. The third kappa shape index (κ3) is 3.83. The Morgan fingerprint density at radius 2 is 1.53 bits per heavy atom. The summed E-state index contributed by atoms with van der Waals surface area (Å²) < 4.78 is 77.4. The summed E-state index contributed by atoms with van der Waals surface area (Å²) in [5, 5.41) is 9.64. The van der Waals surface area contributed by atoms with Gasteiger partial charge < -0.3 is 10.8 Å². The van der Waals surface area contributed by atoms with Crippen LogP contribution >= 0.6 is 0 Å². The number of nitrogens with zero attached hydrogens (tertiary/aromatic N) is 3. The predicted octanol–water partition coefficient (Wildman–Crippen LogP) is 2.86. The van der Waals surface area contributed by atoms with E-state index < -0.39 is 43.7 Å². The van der Waals surface area contributed by atoms with Gasteiger partial charge in [0, 0.05) is 29.7 Å². The highest BCUT2D eigenvalue weighted by molar-refractivity contribution is 7.91. The molecule has 0 aliphatic carbocycles. The third-order valence-corrected chi connectivity index (χ3v) is 6.08. The normalized spacial score (nSPS) is 14.3. The quantitative estimate of drug-likeness (QED) is 0.597. The Kier molecular flexibility index (Phi) is 5.24. The summed E-state index contributed by atoms with van der Waals surface area (Å²) in [6.45, 7) is 0.583. The lowest BCUT2D eigenvalue weighted by Gasteiger charge is -2.25. The minimum absolute atomic E-state index is 0.0147. The molecular formula is C18H14F4N4O3S. The van der Waals surface area contributed by atoms with Crippen molar-refractivity contribution < 1.29 is 31.1 Å². The minimum Gasteiger partial charge on any atom is -0.381 e. The molecule has 0 amide bonds. The average Bonchev–Trinajstić information content (AvgIpc) is 2.69. The Labute approximate surface area is 168 Å². The first-order chi connectivity index (χ1) is 13.8. The lowest BCUT2D eigenvalue weighted by atomic mass is 9.98. The Morgan fingerprint density at radius 3 is 2.03 bits per heavy atom. The molecule has 0 unspecified atom stereocenters. The zero-order valence-electron chi connectivity index (χ0n) is 15.2. The summed E-state index contributed by atoms with van der Waals surface area (Å²) in [5.41, 5.74) is 1.89. The van der Waals surface area contributed by atoms with Gasteiger partial charge in [-0.25, -0.2) is 27.8 Å². The van der Waals surface area contributed by atoms with Gasteiger partial charge in [0.15, 0.2) is 23.1 Å². The van der Waals surface area contributed by atoms with E-state index in [-0.39, 0.29) is 10.7 Å². The first-order valence-corrected chi connectivity index (χ1v) is 9.70. The first kappa shape index (κ1) is 21.6. The molecule has 1 atom stereocenters. The van der Waals surface area contributed by atoms with Crippen molar-refractivity contribution in [2.75, 3.05) is 5.73 Å². The summed E-state index contributed by atoms with van der Waals surface area (Å²) >= 11 is 0. The first-order valence-electron chi connectivity index (χ1n) is 8.22. The third-order valence-electron chi connectivity index (χ3n) is 4.34. The van der Waals surface area contributed by atoms with Crippen LogP contribution in [0.2, 0.25) is 0 Å². The van der Waals surface area contributed by atoms with E-state index >= 15 is 0 Å². The molecule has 3 N–H and O–H groups in total. The number of anilines is 1. The van der Waals surface area contributed by atoms with Crippen LogP contribution in [0.1, 0.15) is 12.5 Å². The standard InChI is InChI=1S/C18H14F4N4O3S/c1-17(27,18(20,21)22)11-7-25-16(26-8-11)10-2-4-12(5-3-10)30(28,29)13-6-14(19)15(23)24-9-13/h2-9,27H,1H3,(H2,23,24)/t17-/m1/s1. The van der Waals surface area contributed by atoms with E-state index in [9.17, 15) is 31.1 Å². The van der Waals surface area contributed by atoms with E-state index in [4.69, 9.17) is 5.73 Å². The SMILES string of the molecule is C[C@@](O)(c1cnc(-c2ccc(S(=O)(=O)c3cnc(N)c(F)c3)cc2)nc1)C(F)(F)F. The molecule has 1 aromatic carbocycles. The van der Waals surface area contributed by atoms with Gasteiger partial charge in [0.1, 0.15) is 0 Å². The number of hydrogen-bond donors (Lipinski definition) is 2. The summed E-state index contributed by atoms with van der Waals surface area (Å²) in [6.07, 6.45) is -2.31. The second-order valence-corrected chi connectivity index (χ2v) is 8.38. The highest BCUT2D eigenvalue weighted by Crippen LogP contribution is 2.38. The highest BCUT2D eigenvalue weighted by Gasteiger charge is 2.51. The molecule has 0 saturated carbocycles. The van der Waals surface area contributed by atoms with E-state index in [0.717, 1.165) is 24.7 Å². The average molecular weight is 442 g/mol. The second kappa shape index (κ2) is 7.29. The summed E-state index contributed by atoms with van der Waals surface area (Å²) in [6, 6.07) is 5.85. The number of hydrogen-bond acceptors (Lipinski definition) is 7. The molecule has 2 aromatic heterocycles. The van der Waals surface area contributed by atoms with Crippen molar-refractivity contribution in [1.82, 2.24) is 15.0 Å². The van der Waals surface area contributed by atoms with Crippen LogP contribution in [0, 0.1) is 5.82 Å². The maximum atomic E-state index is 13.5. The molecule has 30 heavy (non-hydrogen) atoms. The van der Waals surface area contributed by atoms with Crippen molar-refractivity contribution >= 4 is 15.7 Å². The number of halogens is 4. The van der Waals surface area contributed by atoms with Crippen LogP contribution in [0.5, 0.6) is 0 Å². The fourth-order valence-corrected chi connectivity index (χ4v) is 3.61. The van der Waals surface area contributed by atoms with Crippen LogP contribution in [0.15, 0.2) is 58.7 Å². The van der Waals surface area contributed by atoms with Crippen molar-refractivity contribution in [3.8, 4) is 11.4 Å². The van der Waals surface area contributed by atoms with Gasteiger partial charge in [-0.1, -0.05) is 0 Å². The number of alkyl halides is 3. The van der Waals surface area contributed by atoms with Crippen molar-refractivity contribution in [2.45, 2.75) is 28.5 Å². The largest absolute Gasteiger partial charge is 0.421 e. The number of sulfone groups is 1. The number of rotatable bonds is 4. The number of benzene rings is 1. The molecule has 0 spiro atoms. The maximum absolute atomic E-state index is 13.5. The molecule has 0 fully saturated rings. The Morgan fingerprint density at radius 1 is 0.967 bits per heavy atom. The Balaban J connectivity index is 1.90. The van der Waals surface area contributed by atoms with Crippen LogP contribution < -0.4 is 5.73 Å². The molecule has 3 aromatic rings. The van der Waals surface area contributed by atoms with Crippen LogP contribution in [-0.2, 0) is 15.4 Å². The summed E-state index contributed by atoms with van der Waals surface area (Å²) in [7, 11) is -4.08. The molecule has 0 radical (unpaired) electrons. The molecule has 158 valence electrons. The van der Waals surface area contributed by atoms with Gasteiger partial charge in [-0.15, -0.1) is 0 Å². The van der Waals surface area contributed by atoms with Crippen molar-refractivity contribution in [3.63, 3.8) is 0 Å². The number of aromatic nitrogens is 3. The number of nitrogens with two attached hydrogens (primary N) is 1. The molecule has 0 bridgehead atoms. The maximum Gasteiger partial charge on any atom is 0.421 e. The van der Waals surface area contributed by atoms with Gasteiger partial charge in [-0.2, -0.15) is 13.2 Å². The highest BCUT2D eigenvalue weighted by atomic mass is 32.2. The lowest BCUT2D eigenvalue weighted by molar-refractivity contribution is -0.259. The summed E-state index contributed by atoms with van der Waals surface area (Å²) in [4.78, 5) is 10.5. The van der Waals surface area contributed by atoms with Crippen LogP contribution in [0.4, 0.5) is 23.4 Å². The molecular weight excluding hydrogens is 428 g/mol. The van der Waals surface area contributed by atoms with Gasteiger partial charge in [-0.05, 0) is 37.3 Å². The van der Waals surface area contributed by atoms with Gasteiger partial charge in [0.25, 0.3) is 0 Å². The van der Waals surface area contributed by atoms with Crippen LogP contribution in [-0.4, -0.2) is 34.7 Å². The van der Waals surface area contributed by atoms with Crippen LogP contribution in [0.25, 0.3) is 11.4 Å².